The van der Waals surface area contributed by atoms with Crippen LogP contribution in [-0.4, -0.2) is 6.61 Å². The highest BCUT2D eigenvalue weighted by Crippen LogP contribution is 2.30. The summed E-state index contributed by atoms with van der Waals surface area (Å²) in [6.45, 7) is 6.92. The Hall–Kier alpha value is -1.49. The van der Waals surface area contributed by atoms with Gasteiger partial charge >= 0.3 is 0 Å². The highest BCUT2D eigenvalue weighted by atomic mass is 16.5. The van der Waals surface area contributed by atoms with E-state index in [-0.39, 0.29) is 5.41 Å². The van der Waals surface area contributed by atoms with Crippen molar-refractivity contribution in [2.45, 2.75) is 32.6 Å². The summed E-state index contributed by atoms with van der Waals surface area (Å²) in [5.74, 6) is 0.889. The second-order valence-electron chi connectivity index (χ2n) is 4.50. The van der Waals surface area contributed by atoms with E-state index in [0.29, 0.717) is 13.0 Å². The van der Waals surface area contributed by atoms with Gasteiger partial charge in [0.05, 0.1) is 12.5 Å². The Morgan fingerprint density at radius 2 is 1.93 bits per heavy atom. The van der Waals surface area contributed by atoms with Gasteiger partial charge in [-0.05, 0) is 17.0 Å². The van der Waals surface area contributed by atoms with E-state index in [1.165, 1.54) is 5.56 Å². The molecule has 2 heteroatoms. The van der Waals surface area contributed by atoms with Crippen molar-refractivity contribution in [3.8, 4) is 11.8 Å². The van der Waals surface area contributed by atoms with Gasteiger partial charge in [-0.15, -0.1) is 0 Å². The van der Waals surface area contributed by atoms with Crippen LogP contribution < -0.4 is 4.74 Å². The zero-order valence-electron chi connectivity index (χ0n) is 9.58. The molecule has 0 amide bonds. The number of rotatable bonds is 3. The van der Waals surface area contributed by atoms with E-state index in [1.54, 1.807) is 0 Å². The van der Waals surface area contributed by atoms with Crippen molar-refractivity contribution < 1.29 is 4.74 Å². The molecule has 1 aromatic rings. The molecule has 2 nitrogen and oxygen atoms in total. The molecule has 1 rings (SSSR count). The molecule has 80 valence electrons. The van der Waals surface area contributed by atoms with Gasteiger partial charge in [-0.2, -0.15) is 5.26 Å². The van der Waals surface area contributed by atoms with Crippen LogP contribution in [0.1, 0.15) is 32.8 Å². The first-order chi connectivity index (χ1) is 7.05. The van der Waals surface area contributed by atoms with Crippen LogP contribution in [0.15, 0.2) is 24.3 Å². The Morgan fingerprint density at radius 1 is 1.27 bits per heavy atom. The van der Waals surface area contributed by atoms with Crippen molar-refractivity contribution in [1.29, 1.82) is 5.26 Å². The summed E-state index contributed by atoms with van der Waals surface area (Å²) in [6.07, 6.45) is 0.429. The minimum atomic E-state index is 0.0727. The van der Waals surface area contributed by atoms with E-state index < -0.39 is 0 Å². The molecule has 0 aromatic heterocycles. The van der Waals surface area contributed by atoms with Crippen molar-refractivity contribution in [2.24, 2.45) is 0 Å². The van der Waals surface area contributed by atoms with Gasteiger partial charge in [-0.3, -0.25) is 0 Å². The zero-order valence-corrected chi connectivity index (χ0v) is 9.58. The van der Waals surface area contributed by atoms with E-state index in [1.807, 2.05) is 18.2 Å². The number of benzene rings is 1. The summed E-state index contributed by atoms with van der Waals surface area (Å²) < 4.78 is 5.58. The Kier molecular flexibility index (Phi) is 3.74. The second kappa shape index (κ2) is 4.84. The van der Waals surface area contributed by atoms with Crippen LogP contribution in [0, 0.1) is 11.3 Å². The quantitative estimate of drug-likeness (QED) is 0.706. The average Bonchev–Trinajstić information content (AvgIpc) is 2.17. The van der Waals surface area contributed by atoms with Gasteiger partial charge in [0.25, 0.3) is 0 Å². The van der Waals surface area contributed by atoms with E-state index in [0.717, 1.165) is 5.75 Å². The third-order valence-corrected chi connectivity index (χ3v) is 2.17. The Morgan fingerprint density at radius 3 is 2.53 bits per heavy atom. The van der Waals surface area contributed by atoms with Gasteiger partial charge in [0, 0.05) is 0 Å². The highest BCUT2D eigenvalue weighted by Gasteiger charge is 2.17. The summed E-state index contributed by atoms with van der Waals surface area (Å²) >= 11 is 0. The minimum absolute atomic E-state index is 0.0727. The topological polar surface area (TPSA) is 33.0 Å². The third kappa shape index (κ3) is 3.28. The van der Waals surface area contributed by atoms with Crippen molar-refractivity contribution in [3.05, 3.63) is 29.8 Å². The van der Waals surface area contributed by atoms with Crippen molar-refractivity contribution >= 4 is 0 Å². The molecule has 1 aromatic carbocycles. The molecule has 0 aliphatic rings. The van der Waals surface area contributed by atoms with Crippen LogP contribution >= 0.6 is 0 Å². The summed E-state index contributed by atoms with van der Waals surface area (Å²) in [7, 11) is 0. The molecule has 0 bridgehead atoms. The van der Waals surface area contributed by atoms with Crippen LogP contribution in [-0.2, 0) is 5.41 Å². The smallest absolute Gasteiger partial charge is 0.123 e. The number of hydrogen-bond donors (Lipinski definition) is 0. The van der Waals surface area contributed by atoms with Gasteiger partial charge in [-0.1, -0.05) is 39.0 Å². The number of ether oxygens (including phenoxy) is 1. The summed E-state index contributed by atoms with van der Waals surface area (Å²) in [4.78, 5) is 0. The maximum atomic E-state index is 8.44. The van der Waals surface area contributed by atoms with Gasteiger partial charge in [0.15, 0.2) is 0 Å². The van der Waals surface area contributed by atoms with Crippen LogP contribution in [0.4, 0.5) is 0 Å². The van der Waals surface area contributed by atoms with Crippen LogP contribution in [0.5, 0.6) is 5.75 Å². The first kappa shape index (κ1) is 11.6. The molecule has 15 heavy (non-hydrogen) atoms. The summed E-state index contributed by atoms with van der Waals surface area (Å²) in [5.41, 5.74) is 1.26. The molecule has 0 N–H and O–H groups in total. The molecule has 0 radical (unpaired) electrons. The SMILES string of the molecule is CC(C)(C)c1ccccc1OCCC#N. The normalized spacial score (nSPS) is 10.8. The van der Waals surface area contributed by atoms with Crippen LogP contribution in [0.2, 0.25) is 0 Å². The molecule has 0 saturated carbocycles. The lowest BCUT2D eigenvalue weighted by molar-refractivity contribution is 0.317. The van der Waals surface area contributed by atoms with E-state index in [9.17, 15) is 0 Å². The number of nitrogens with zero attached hydrogens (tertiary/aromatic N) is 1. The lowest BCUT2D eigenvalue weighted by atomic mass is 9.86. The molecule has 0 aliphatic carbocycles. The zero-order chi connectivity index (χ0) is 11.3. The van der Waals surface area contributed by atoms with E-state index in [4.69, 9.17) is 10.00 Å². The third-order valence-electron chi connectivity index (χ3n) is 2.17. The molecule has 0 fully saturated rings. The Bertz CT molecular complexity index is 358. The van der Waals surface area contributed by atoms with E-state index >= 15 is 0 Å². The van der Waals surface area contributed by atoms with Crippen molar-refractivity contribution in [3.63, 3.8) is 0 Å². The monoisotopic (exact) mass is 203 g/mol. The lowest BCUT2D eigenvalue weighted by Crippen LogP contribution is -2.13. The fraction of sp³-hybridized carbons (Fsp3) is 0.462. The first-order valence-corrected chi connectivity index (χ1v) is 5.15. The lowest BCUT2D eigenvalue weighted by Gasteiger charge is -2.22. The molecular weight excluding hydrogens is 186 g/mol. The molecule has 0 spiro atoms. The maximum Gasteiger partial charge on any atom is 0.123 e. The molecule has 0 aliphatic heterocycles. The molecule has 0 unspecified atom stereocenters. The second-order valence-corrected chi connectivity index (χ2v) is 4.50. The summed E-state index contributed by atoms with van der Waals surface area (Å²) in [6, 6.07) is 10.1. The van der Waals surface area contributed by atoms with Gasteiger partial charge in [-0.25, -0.2) is 0 Å². The van der Waals surface area contributed by atoms with Gasteiger partial charge < -0.3 is 4.74 Å². The molecule has 0 heterocycles. The maximum absolute atomic E-state index is 8.44. The van der Waals surface area contributed by atoms with Crippen molar-refractivity contribution in [1.82, 2.24) is 0 Å². The highest BCUT2D eigenvalue weighted by molar-refractivity contribution is 5.38. The van der Waals surface area contributed by atoms with Crippen LogP contribution in [0.25, 0.3) is 0 Å². The van der Waals surface area contributed by atoms with Crippen LogP contribution in [0.3, 0.4) is 0 Å². The first-order valence-electron chi connectivity index (χ1n) is 5.15. The number of para-hydroxylation sites is 1. The fourth-order valence-electron chi connectivity index (χ4n) is 1.42. The largest absolute Gasteiger partial charge is 0.492 e. The van der Waals surface area contributed by atoms with Gasteiger partial charge in [0.2, 0.25) is 0 Å². The van der Waals surface area contributed by atoms with Crippen molar-refractivity contribution in [2.75, 3.05) is 6.61 Å². The fourth-order valence-corrected chi connectivity index (χ4v) is 1.42. The molecular formula is C13H17NO. The predicted octanol–water partition coefficient (Wildman–Crippen LogP) is 3.28. The summed E-state index contributed by atoms with van der Waals surface area (Å²) in [5, 5.41) is 8.44. The van der Waals surface area contributed by atoms with E-state index in [2.05, 4.69) is 32.9 Å². The number of hydrogen-bond acceptors (Lipinski definition) is 2. The average molecular weight is 203 g/mol. The van der Waals surface area contributed by atoms with Gasteiger partial charge in [0.1, 0.15) is 12.4 Å². The Balaban J connectivity index is 2.83. The predicted molar refractivity (Wildman–Crippen MR) is 60.9 cm³/mol. The Labute approximate surface area is 91.5 Å². The minimum Gasteiger partial charge on any atom is -0.492 e. The molecule has 0 atom stereocenters. The standard InChI is InChI=1S/C13H17NO/c1-13(2,3)11-7-4-5-8-12(11)15-10-6-9-14/h4-5,7-8H,6,10H2,1-3H3. The molecule has 0 saturated heterocycles. The number of nitriles is 1.